The summed E-state index contributed by atoms with van der Waals surface area (Å²) < 4.78 is 4.13. The maximum absolute atomic E-state index is 12.4. The number of likely N-dealkylation sites (tertiary alicyclic amines) is 1. The Balaban J connectivity index is 1.18. The Hall–Kier alpha value is -2.57. The number of aromatic amines is 1. The molecule has 150 valence electrons. The van der Waals surface area contributed by atoms with E-state index >= 15 is 0 Å². The molecule has 29 heavy (non-hydrogen) atoms. The summed E-state index contributed by atoms with van der Waals surface area (Å²) >= 11 is 6.13. The second-order valence-electron chi connectivity index (χ2n) is 7.81. The van der Waals surface area contributed by atoms with Crippen molar-refractivity contribution in [2.24, 2.45) is 0 Å². The Bertz CT molecular complexity index is 1200. The van der Waals surface area contributed by atoms with Gasteiger partial charge in [0.25, 0.3) is 0 Å². The molecule has 0 aliphatic carbocycles. The third kappa shape index (κ3) is 3.58. The van der Waals surface area contributed by atoms with Gasteiger partial charge in [-0.2, -0.15) is 0 Å². The van der Waals surface area contributed by atoms with E-state index in [1.54, 1.807) is 0 Å². The lowest BCUT2D eigenvalue weighted by molar-refractivity contribution is 0.183. The molecule has 1 aliphatic heterocycles. The number of imidazole rings is 2. The van der Waals surface area contributed by atoms with E-state index in [9.17, 15) is 4.79 Å². The predicted octanol–water partition coefficient (Wildman–Crippen LogP) is 4.06. The van der Waals surface area contributed by atoms with Crippen molar-refractivity contribution in [3.05, 3.63) is 64.3 Å². The van der Waals surface area contributed by atoms with Crippen molar-refractivity contribution in [3.63, 3.8) is 0 Å². The van der Waals surface area contributed by atoms with Crippen LogP contribution >= 0.6 is 11.6 Å². The van der Waals surface area contributed by atoms with Crippen LogP contribution in [0.4, 0.5) is 0 Å². The first-order valence-corrected chi connectivity index (χ1v) is 10.6. The highest BCUT2D eigenvalue weighted by Gasteiger charge is 2.23. The number of aromatic nitrogens is 4. The lowest BCUT2D eigenvalue weighted by Gasteiger charge is -2.32. The summed E-state index contributed by atoms with van der Waals surface area (Å²) in [7, 11) is 0. The Morgan fingerprint density at radius 1 is 1.07 bits per heavy atom. The number of aryl methyl sites for hydroxylation is 1. The molecule has 3 heterocycles. The molecule has 0 unspecified atom stereocenters. The van der Waals surface area contributed by atoms with E-state index in [1.807, 2.05) is 53.4 Å². The highest BCUT2D eigenvalue weighted by molar-refractivity contribution is 6.31. The molecular weight excluding hydrogens is 386 g/mol. The maximum Gasteiger partial charge on any atom is 0.326 e. The molecule has 1 fully saturated rings. The SMILES string of the molecule is O=c1[nH]c2ccccc2n1C1CCN(CCCn2cnc3ccc(Cl)cc32)CC1. The van der Waals surface area contributed by atoms with Crippen molar-refractivity contribution >= 4 is 33.7 Å². The summed E-state index contributed by atoms with van der Waals surface area (Å²) in [6, 6.07) is 14.0. The number of para-hydroxylation sites is 2. The van der Waals surface area contributed by atoms with Crippen LogP contribution in [0.5, 0.6) is 0 Å². The molecule has 0 radical (unpaired) electrons. The summed E-state index contributed by atoms with van der Waals surface area (Å²) in [5.41, 5.74) is 4.03. The smallest absolute Gasteiger partial charge is 0.326 e. The van der Waals surface area contributed by atoms with E-state index in [0.29, 0.717) is 0 Å². The van der Waals surface area contributed by atoms with Crippen LogP contribution in [0.15, 0.2) is 53.6 Å². The largest absolute Gasteiger partial charge is 0.331 e. The van der Waals surface area contributed by atoms with E-state index in [0.717, 1.165) is 72.5 Å². The van der Waals surface area contributed by atoms with Gasteiger partial charge in [0.15, 0.2) is 0 Å². The van der Waals surface area contributed by atoms with Gasteiger partial charge >= 0.3 is 5.69 Å². The van der Waals surface area contributed by atoms with E-state index in [4.69, 9.17) is 11.6 Å². The zero-order chi connectivity index (χ0) is 19.8. The van der Waals surface area contributed by atoms with Crippen LogP contribution in [0.3, 0.4) is 0 Å². The maximum atomic E-state index is 12.4. The van der Waals surface area contributed by atoms with E-state index in [-0.39, 0.29) is 11.7 Å². The fraction of sp³-hybridized carbons (Fsp3) is 0.364. The summed E-state index contributed by atoms with van der Waals surface area (Å²) in [4.78, 5) is 22.4. The van der Waals surface area contributed by atoms with Crippen LogP contribution < -0.4 is 5.69 Å². The third-order valence-electron chi connectivity index (χ3n) is 6.00. The second-order valence-corrected chi connectivity index (χ2v) is 8.25. The van der Waals surface area contributed by atoms with Crippen molar-refractivity contribution in [1.29, 1.82) is 0 Å². The number of benzene rings is 2. The van der Waals surface area contributed by atoms with E-state index in [2.05, 4.69) is 19.4 Å². The Morgan fingerprint density at radius 3 is 2.76 bits per heavy atom. The topological polar surface area (TPSA) is 58.9 Å². The number of halogens is 1. The quantitative estimate of drug-likeness (QED) is 0.540. The van der Waals surface area contributed by atoms with Gasteiger partial charge in [-0.3, -0.25) is 4.57 Å². The van der Waals surface area contributed by atoms with Crippen molar-refractivity contribution in [1.82, 2.24) is 24.0 Å². The van der Waals surface area contributed by atoms with Gasteiger partial charge < -0.3 is 14.5 Å². The minimum absolute atomic E-state index is 0.00953. The minimum atomic E-state index is 0.00953. The molecule has 1 saturated heterocycles. The van der Waals surface area contributed by atoms with Crippen molar-refractivity contribution in [2.45, 2.75) is 31.8 Å². The average Bonchev–Trinajstić information content (AvgIpc) is 3.28. The molecule has 2 aromatic heterocycles. The first kappa shape index (κ1) is 18.5. The number of nitrogens with zero attached hydrogens (tertiary/aromatic N) is 4. The van der Waals surface area contributed by atoms with Crippen LogP contribution in [0.1, 0.15) is 25.3 Å². The lowest BCUT2D eigenvalue weighted by Crippen LogP contribution is -2.37. The molecule has 0 saturated carbocycles. The molecule has 1 N–H and O–H groups in total. The van der Waals surface area contributed by atoms with E-state index in [1.165, 1.54) is 0 Å². The van der Waals surface area contributed by atoms with Crippen LogP contribution in [0.25, 0.3) is 22.1 Å². The Labute approximate surface area is 173 Å². The first-order chi connectivity index (χ1) is 14.2. The molecular formula is C22H24ClN5O. The normalized spacial score (nSPS) is 16.2. The number of piperidine rings is 1. The molecule has 2 aromatic carbocycles. The molecule has 5 rings (SSSR count). The minimum Gasteiger partial charge on any atom is -0.331 e. The Kier molecular flexibility index (Phi) is 4.89. The molecule has 1 aliphatic rings. The number of rotatable bonds is 5. The van der Waals surface area contributed by atoms with Crippen molar-refractivity contribution < 1.29 is 0 Å². The van der Waals surface area contributed by atoms with Crippen LogP contribution in [-0.4, -0.2) is 43.6 Å². The third-order valence-corrected chi connectivity index (χ3v) is 6.24. The summed E-state index contributed by atoms with van der Waals surface area (Å²) in [6.45, 7) is 4.02. The molecule has 6 nitrogen and oxygen atoms in total. The zero-order valence-electron chi connectivity index (χ0n) is 16.2. The lowest BCUT2D eigenvalue weighted by atomic mass is 10.0. The Morgan fingerprint density at radius 2 is 1.90 bits per heavy atom. The van der Waals surface area contributed by atoms with Gasteiger partial charge in [0.1, 0.15) is 0 Å². The van der Waals surface area contributed by atoms with Gasteiger partial charge in [-0.1, -0.05) is 23.7 Å². The fourth-order valence-corrected chi connectivity index (χ4v) is 4.68. The van der Waals surface area contributed by atoms with Crippen LogP contribution in [-0.2, 0) is 6.54 Å². The summed E-state index contributed by atoms with van der Waals surface area (Å²) in [5, 5.41) is 0.744. The van der Waals surface area contributed by atoms with Gasteiger partial charge in [-0.15, -0.1) is 0 Å². The molecule has 0 spiro atoms. The van der Waals surface area contributed by atoms with E-state index < -0.39 is 0 Å². The van der Waals surface area contributed by atoms with Crippen LogP contribution in [0, 0.1) is 0 Å². The number of hydrogen-bond acceptors (Lipinski definition) is 3. The molecule has 7 heteroatoms. The second kappa shape index (κ2) is 7.69. The predicted molar refractivity (Wildman–Crippen MR) is 117 cm³/mol. The van der Waals surface area contributed by atoms with Gasteiger partial charge in [-0.25, -0.2) is 9.78 Å². The zero-order valence-corrected chi connectivity index (χ0v) is 17.0. The monoisotopic (exact) mass is 409 g/mol. The van der Waals surface area contributed by atoms with Crippen molar-refractivity contribution in [3.8, 4) is 0 Å². The molecule has 0 atom stereocenters. The summed E-state index contributed by atoms with van der Waals surface area (Å²) in [5.74, 6) is 0. The summed E-state index contributed by atoms with van der Waals surface area (Å²) in [6.07, 6.45) is 4.98. The number of H-pyrrole nitrogens is 1. The molecule has 0 bridgehead atoms. The number of nitrogens with one attached hydrogen (secondary N) is 1. The molecule has 0 amide bonds. The number of fused-ring (bicyclic) bond motifs is 2. The number of hydrogen-bond donors (Lipinski definition) is 1. The highest BCUT2D eigenvalue weighted by Crippen LogP contribution is 2.25. The highest BCUT2D eigenvalue weighted by atomic mass is 35.5. The van der Waals surface area contributed by atoms with Crippen LogP contribution in [0.2, 0.25) is 5.02 Å². The van der Waals surface area contributed by atoms with Crippen molar-refractivity contribution in [2.75, 3.05) is 19.6 Å². The van der Waals surface area contributed by atoms with Gasteiger partial charge in [0.2, 0.25) is 0 Å². The average molecular weight is 410 g/mol. The van der Waals surface area contributed by atoms with Gasteiger partial charge in [-0.05, 0) is 56.1 Å². The standard InChI is InChI=1S/C22H24ClN5O/c23-16-6-7-18-21(14-16)27(15-24-18)11-3-10-26-12-8-17(9-13-26)28-20-5-2-1-4-19(20)25-22(28)29/h1-2,4-7,14-15,17H,3,8-13H2,(H,25,29). The fourth-order valence-electron chi connectivity index (χ4n) is 4.51. The first-order valence-electron chi connectivity index (χ1n) is 10.2. The molecule has 4 aromatic rings. The van der Waals surface area contributed by atoms with Gasteiger partial charge in [0.05, 0.1) is 28.4 Å². The van der Waals surface area contributed by atoms with Gasteiger partial charge in [0, 0.05) is 30.7 Å².